The molecule has 0 radical (unpaired) electrons. The Morgan fingerprint density at radius 3 is 2.84 bits per heavy atom. The van der Waals surface area contributed by atoms with Gasteiger partial charge >= 0.3 is 0 Å². The Balaban J connectivity index is 1.18. The van der Waals surface area contributed by atoms with Crippen molar-refractivity contribution in [3.8, 4) is 0 Å². The number of aliphatic hydroxyl groups excluding tert-OH is 1. The van der Waals surface area contributed by atoms with E-state index in [4.69, 9.17) is 15.1 Å². The molecular formula is C28H35FN6O2. The summed E-state index contributed by atoms with van der Waals surface area (Å²) in [7, 11) is 0. The fourth-order valence-corrected chi connectivity index (χ4v) is 5.31. The van der Waals surface area contributed by atoms with Crippen molar-refractivity contribution in [3.05, 3.63) is 71.7 Å². The van der Waals surface area contributed by atoms with E-state index in [0.717, 1.165) is 55.3 Å². The normalized spacial score (nSPS) is 22.8. The monoisotopic (exact) mass is 506 g/mol. The van der Waals surface area contributed by atoms with Crippen molar-refractivity contribution in [2.45, 2.75) is 31.3 Å². The summed E-state index contributed by atoms with van der Waals surface area (Å²) in [4.78, 5) is 13.8. The van der Waals surface area contributed by atoms with Crippen LogP contribution in [0.15, 0.2) is 59.6 Å². The van der Waals surface area contributed by atoms with Gasteiger partial charge in [0.2, 0.25) is 0 Å². The first kappa shape index (κ1) is 25.4. The van der Waals surface area contributed by atoms with E-state index in [1.165, 1.54) is 12.1 Å². The molecule has 37 heavy (non-hydrogen) atoms. The second kappa shape index (κ2) is 11.8. The average Bonchev–Trinajstić information content (AvgIpc) is 3.42. The lowest BCUT2D eigenvalue weighted by Gasteiger charge is -2.36. The van der Waals surface area contributed by atoms with Gasteiger partial charge in [-0.15, -0.1) is 0 Å². The molecule has 2 fully saturated rings. The first-order chi connectivity index (χ1) is 18.1. The Morgan fingerprint density at radius 1 is 1.19 bits per heavy atom. The fraction of sp³-hybridized carbons (Fsp3) is 0.464. The topological polar surface area (TPSA) is 97.1 Å². The fourth-order valence-electron chi connectivity index (χ4n) is 5.31. The molecular weight excluding hydrogens is 471 g/mol. The highest BCUT2D eigenvalue weighted by molar-refractivity contribution is 6.01. The van der Waals surface area contributed by atoms with Crippen LogP contribution in [0.5, 0.6) is 0 Å². The van der Waals surface area contributed by atoms with Crippen LogP contribution in [0.3, 0.4) is 0 Å². The van der Waals surface area contributed by atoms with E-state index in [-0.39, 0.29) is 24.5 Å². The summed E-state index contributed by atoms with van der Waals surface area (Å²) in [5, 5.41) is 21.3. The minimum absolute atomic E-state index is 0.0101. The molecule has 0 bridgehead atoms. The van der Waals surface area contributed by atoms with Gasteiger partial charge in [0.15, 0.2) is 0 Å². The maximum absolute atomic E-state index is 13.8. The minimum atomic E-state index is -0.287. The first-order valence-electron chi connectivity index (χ1n) is 13.1. The Hall–Kier alpha value is -3.30. The van der Waals surface area contributed by atoms with Crippen LogP contribution in [0.2, 0.25) is 0 Å². The van der Waals surface area contributed by atoms with Crippen LogP contribution in [0.25, 0.3) is 0 Å². The molecule has 3 aliphatic heterocycles. The van der Waals surface area contributed by atoms with Crippen LogP contribution < -0.4 is 10.2 Å². The number of halogens is 1. The Bertz CT molecular complexity index is 1150. The molecule has 0 spiro atoms. The van der Waals surface area contributed by atoms with Gasteiger partial charge < -0.3 is 25.0 Å². The quantitative estimate of drug-likeness (QED) is 0.393. The molecule has 9 heteroatoms. The summed E-state index contributed by atoms with van der Waals surface area (Å²) in [5.41, 5.74) is 1.76. The number of aliphatic imine (C=N–C) groups is 1. The third kappa shape index (κ3) is 6.17. The molecule has 5 rings (SSSR count). The number of morpholine rings is 1. The predicted molar refractivity (Wildman–Crippen MR) is 143 cm³/mol. The van der Waals surface area contributed by atoms with Gasteiger partial charge in [0.25, 0.3) is 0 Å². The molecule has 2 atom stereocenters. The number of nitrogens with one attached hydrogen (secondary N) is 2. The lowest BCUT2D eigenvalue weighted by molar-refractivity contribution is 0.0258. The van der Waals surface area contributed by atoms with Crippen LogP contribution >= 0.6 is 0 Å². The highest BCUT2D eigenvalue weighted by Gasteiger charge is 2.27. The number of ether oxygens (including phenoxy) is 1. The van der Waals surface area contributed by atoms with Crippen molar-refractivity contribution < 1.29 is 14.2 Å². The summed E-state index contributed by atoms with van der Waals surface area (Å²) in [6.07, 6.45) is 6.63. The highest BCUT2D eigenvalue weighted by Crippen LogP contribution is 2.27. The third-order valence-electron chi connectivity index (χ3n) is 7.43. The van der Waals surface area contributed by atoms with E-state index in [2.05, 4.69) is 21.3 Å². The van der Waals surface area contributed by atoms with Crippen LogP contribution in [-0.4, -0.2) is 72.7 Å². The van der Waals surface area contributed by atoms with Crippen LogP contribution in [-0.2, 0) is 4.74 Å². The van der Waals surface area contributed by atoms with Crippen molar-refractivity contribution >= 4 is 17.5 Å². The Morgan fingerprint density at radius 2 is 2.03 bits per heavy atom. The minimum Gasteiger partial charge on any atom is -0.396 e. The summed E-state index contributed by atoms with van der Waals surface area (Å²) in [6.45, 7) is 4.30. The molecule has 8 nitrogen and oxygen atoms in total. The molecule has 0 aliphatic carbocycles. The van der Waals surface area contributed by atoms with Crippen LogP contribution in [0.4, 0.5) is 10.2 Å². The second-order valence-corrected chi connectivity index (χ2v) is 9.84. The van der Waals surface area contributed by atoms with Gasteiger partial charge in [0.1, 0.15) is 23.3 Å². The number of piperidine rings is 1. The zero-order valence-corrected chi connectivity index (χ0v) is 21.0. The van der Waals surface area contributed by atoms with Gasteiger partial charge in [0, 0.05) is 26.2 Å². The lowest BCUT2D eigenvalue weighted by atomic mass is 9.94. The van der Waals surface area contributed by atoms with Crippen molar-refractivity contribution in [1.82, 2.24) is 15.2 Å². The molecule has 1 aromatic heterocycles. The van der Waals surface area contributed by atoms with E-state index in [0.29, 0.717) is 38.1 Å². The van der Waals surface area contributed by atoms with Crippen molar-refractivity contribution in [2.75, 3.05) is 50.9 Å². The molecule has 2 aromatic rings. The number of anilines is 1. The SMILES string of the molecule is N=C(/C=C\C1=NCC(c2cccc(N3CCC(CCO)CC3)n2)N1)N1CCOCC1c1cccc(F)c1. The predicted octanol–water partition coefficient (Wildman–Crippen LogP) is 3.47. The molecule has 4 heterocycles. The first-order valence-corrected chi connectivity index (χ1v) is 13.1. The zero-order chi connectivity index (χ0) is 25.6. The second-order valence-electron chi connectivity index (χ2n) is 9.84. The summed E-state index contributed by atoms with van der Waals surface area (Å²) in [5.74, 6) is 2.37. The Kier molecular flexibility index (Phi) is 8.11. The number of pyridine rings is 1. The maximum atomic E-state index is 13.8. The van der Waals surface area contributed by atoms with Crippen LogP contribution in [0.1, 0.15) is 42.6 Å². The number of aromatic nitrogens is 1. The van der Waals surface area contributed by atoms with Gasteiger partial charge in [-0.3, -0.25) is 10.4 Å². The number of benzene rings is 1. The standard InChI is InChI=1S/C28H35FN6O2/c29-22-4-1-3-21(17-22)25-19-37-16-14-35(25)26(30)7-8-27-31-18-24(32-27)23-5-2-6-28(33-23)34-12-9-20(10-13-34)11-15-36/h1-8,17,20,24-25,30,36H,9-16,18-19H2,(H,31,32)/b8-7-,30-26?. The van der Waals surface area contributed by atoms with Gasteiger partial charge in [-0.05, 0) is 67.2 Å². The number of amidine groups is 2. The van der Waals surface area contributed by atoms with Crippen molar-refractivity contribution in [1.29, 1.82) is 5.41 Å². The molecule has 196 valence electrons. The molecule has 2 saturated heterocycles. The molecule has 0 amide bonds. The molecule has 2 unspecified atom stereocenters. The van der Waals surface area contributed by atoms with E-state index >= 15 is 0 Å². The summed E-state index contributed by atoms with van der Waals surface area (Å²) < 4.78 is 19.4. The third-order valence-corrected chi connectivity index (χ3v) is 7.43. The van der Waals surface area contributed by atoms with Gasteiger partial charge in [-0.25, -0.2) is 9.37 Å². The smallest absolute Gasteiger partial charge is 0.128 e. The molecule has 3 aliphatic rings. The zero-order valence-electron chi connectivity index (χ0n) is 21.0. The highest BCUT2D eigenvalue weighted by atomic mass is 19.1. The van der Waals surface area contributed by atoms with E-state index in [1.807, 2.05) is 29.2 Å². The number of nitrogens with zero attached hydrogens (tertiary/aromatic N) is 4. The summed E-state index contributed by atoms with van der Waals surface area (Å²) in [6, 6.07) is 12.4. The largest absolute Gasteiger partial charge is 0.396 e. The van der Waals surface area contributed by atoms with Crippen molar-refractivity contribution in [3.63, 3.8) is 0 Å². The Labute approximate surface area is 217 Å². The lowest BCUT2D eigenvalue weighted by Crippen LogP contribution is -2.42. The van der Waals surface area contributed by atoms with E-state index < -0.39 is 0 Å². The van der Waals surface area contributed by atoms with E-state index in [1.54, 1.807) is 12.1 Å². The average molecular weight is 507 g/mol. The maximum Gasteiger partial charge on any atom is 0.128 e. The number of aliphatic hydroxyl groups is 1. The van der Waals surface area contributed by atoms with Crippen molar-refractivity contribution in [2.24, 2.45) is 10.9 Å². The number of hydrogen-bond donors (Lipinski definition) is 3. The van der Waals surface area contributed by atoms with Gasteiger partial charge in [-0.2, -0.15) is 0 Å². The van der Waals surface area contributed by atoms with E-state index in [9.17, 15) is 9.50 Å². The number of hydrogen-bond acceptors (Lipinski definition) is 7. The molecule has 1 aromatic carbocycles. The molecule has 3 N–H and O–H groups in total. The number of rotatable bonds is 7. The summed E-state index contributed by atoms with van der Waals surface area (Å²) >= 11 is 0. The molecule has 0 saturated carbocycles. The van der Waals surface area contributed by atoms with Gasteiger partial charge in [0.05, 0.1) is 37.5 Å². The van der Waals surface area contributed by atoms with Gasteiger partial charge in [-0.1, -0.05) is 18.2 Å². The van der Waals surface area contributed by atoms with Crippen LogP contribution in [0, 0.1) is 17.1 Å².